The molecule has 0 aliphatic carbocycles. The predicted molar refractivity (Wildman–Crippen MR) is 90.1 cm³/mol. The third-order valence-electron chi connectivity index (χ3n) is 4.13. The number of nitrogens with one attached hydrogen (secondary N) is 1. The molecule has 0 saturated carbocycles. The summed E-state index contributed by atoms with van der Waals surface area (Å²) in [5.41, 5.74) is 1.32. The largest absolute Gasteiger partial charge is 0.375 e. The van der Waals surface area contributed by atoms with Gasteiger partial charge in [-0.2, -0.15) is 0 Å². The molecule has 1 aliphatic heterocycles. The van der Waals surface area contributed by atoms with Crippen molar-refractivity contribution in [2.75, 3.05) is 13.1 Å². The summed E-state index contributed by atoms with van der Waals surface area (Å²) in [5, 5.41) is 4.41. The number of hydrogen-bond donors (Lipinski definition) is 1. The second-order valence-electron chi connectivity index (χ2n) is 6.69. The molecular formula is C18H28ClNO. The van der Waals surface area contributed by atoms with Crippen molar-refractivity contribution in [3.63, 3.8) is 0 Å². The SMILES string of the molecule is CC(C)CNCC(CC1CCC(C)O1)c1cccc(Cl)c1. The summed E-state index contributed by atoms with van der Waals surface area (Å²) in [6.45, 7) is 8.70. The first kappa shape index (κ1) is 16.8. The van der Waals surface area contributed by atoms with Crippen LogP contribution in [0.1, 0.15) is 51.5 Å². The van der Waals surface area contributed by atoms with E-state index in [2.05, 4.69) is 38.2 Å². The second kappa shape index (κ2) is 8.17. The van der Waals surface area contributed by atoms with Crippen LogP contribution in [-0.4, -0.2) is 25.3 Å². The Balaban J connectivity index is 1.99. The lowest BCUT2D eigenvalue weighted by atomic mass is 9.92. The van der Waals surface area contributed by atoms with Crippen LogP contribution < -0.4 is 5.32 Å². The summed E-state index contributed by atoms with van der Waals surface area (Å²) in [5.74, 6) is 1.14. The summed E-state index contributed by atoms with van der Waals surface area (Å²) in [6.07, 6.45) is 4.26. The molecule has 3 atom stereocenters. The Labute approximate surface area is 134 Å². The summed E-state index contributed by atoms with van der Waals surface area (Å²) in [6, 6.07) is 8.27. The molecule has 2 nitrogen and oxygen atoms in total. The highest BCUT2D eigenvalue weighted by atomic mass is 35.5. The zero-order valence-electron chi connectivity index (χ0n) is 13.4. The topological polar surface area (TPSA) is 21.3 Å². The first-order valence-electron chi connectivity index (χ1n) is 8.16. The first-order valence-corrected chi connectivity index (χ1v) is 8.54. The van der Waals surface area contributed by atoms with Gasteiger partial charge in [0.1, 0.15) is 0 Å². The molecule has 0 aromatic heterocycles. The van der Waals surface area contributed by atoms with Crippen molar-refractivity contribution >= 4 is 11.6 Å². The van der Waals surface area contributed by atoms with E-state index in [-0.39, 0.29) is 0 Å². The van der Waals surface area contributed by atoms with E-state index in [0.717, 1.165) is 24.5 Å². The van der Waals surface area contributed by atoms with Gasteiger partial charge in [0, 0.05) is 11.6 Å². The molecule has 0 bridgehead atoms. The summed E-state index contributed by atoms with van der Waals surface area (Å²) < 4.78 is 6.01. The number of halogens is 1. The fourth-order valence-corrected chi connectivity index (χ4v) is 3.22. The van der Waals surface area contributed by atoms with Gasteiger partial charge in [0.15, 0.2) is 0 Å². The molecule has 1 aromatic rings. The van der Waals surface area contributed by atoms with E-state index in [9.17, 15) is 0 Å². The van der Waals surface area contributed by atoms with Gasteiger partial charge in [-0.25, -0.2) is 0 Å². The molecule has 1 heterocycles. The Kier molecular flexibility index (Phi) is 6.53. The average molecular weight is 310 g/mol. The van der Waals surface area contributed by atoms with Crippen LogP contribution in [0.2, 0.25) is 5.02 Å². The van der Waals surface area contributed by atoms with E-state index in [1.807, 2.05) is 12.1 Å². The molecule has 2 rings (SSSR count). The zero-order valence-corrected chi connectivity index (χ0v) is 14.2. The minimum absolute atomic E-state index is 0.393. The Bertz CT molecular complexity index is 435. The highest BCUT2D eigenvalue weighted by Crippen LogP contribution is 2.30. The highest BCUT2D eigenvalue weighted by Gasteiger charge is 2.25. The van der Waals surface area contributed by atoms with Crippen LogP contribution in [0.15, 0.2) is 24.3 Å². The summed E-state index contributed by atoms with van der Waals surface area (Å²) in [7, 11) is 0. The zero-order chi connectivity index (χ0) is 15.2. The van der Waals surface area contributed by atoms with Crippen LogP contribution in [0.25, 0.3) is 0 Å². The molecule has 1 aromatic carbocycles. The van der Waals surface area contributed by atoms with Gasteiger partial charge in [0.25, 0.3) is 0 Å². The Morgan fingerprint density at radius 3 is 2.71 bits per heavy atom. The van der Waals surface area contributed by atoms with Gasteiger partial charge >= 0.3 is 0 Å². The van der Waals surface area contributed by atoms with E-state index < -0.39 is 0 Å². The fourth-order valence-electron chi connectivity index (χ4n) is 3.02. The Hall–Kier alpha value is -0.570. The molecule has 0 amide bonds. The first-order chi connectivity index (χ1) is 10.0. The predicted octanol–water partition coefficient (Wildman–Crippen LogP) is 4.63. The number of benzene rings is 1. The van der Waals surface area contributed by atoms with Crippen molar-refractivity contribution in [3.8, 4) is 0 Å². The normalized spacial score (nSPS) is 23.7. The molecule has 0 radical (unpaired) electrons. The second-order valence-corrected chi connectivity index (χ2v) is 7.12. The number of rotatable bonds is 7. The van der Waals surface area contributed by atoms with E-state index in [4.69, 9.17) is 16.3 Å². The van der Waals surface area contributed by atoms with Crippen LogP contribution in [0.3, 0.4) is 0 Å². The van der Waals surface area contributed by atoms with Gasteiger partial charge in [0.2, 0.25) is 0 Å². The highest BCUT2D eigenvalue weighted by molar-refractivity contribution is 6.30. The average Bonchev–Trinajstić information content (AvgIpc) is 2.83. The quantitative estimate of drug-likeness (QED) is 0.793. The van der Waals surface area contributed by atoms with Crippen molar-refractivity contribution in [2.45, 2.75) is 58.2 Å². The van der Waals surface area contributed by atoms with Crippen molar-refractivity contribution in [1.82, 2.24) is 5.32 Å². The lowest BCUT2D eigenvalue weighted by Crippen LogP contribution is -2.27. The van der Waals surface area contributed by atoms with Crippen molar-refractivity contribution in [1.29, 1.82) is 0 Å². The molecule has 3 heteroatoms. The van der Waals surface area contributed by atoms with Crippen LogP contribution in [-0.2, 0) is 4.74 Å². The maximum atomic E-state index is 6.16. The summed E-state index contributed by atoms with van der Waals surface area (Å²) >= 11 is 6.16. The Morgan fingerprint density at radius 1 is 1.29 bits per heavy atom. The summed E-state index contributed by atoms with van der Waals surface area (Å²) in [4.78, 5) is 0. The van der Waals surface area contributed by atoms with Crippen LogP contribution in [0.5, 0.6) is 0 Å². The van der Waals surface area contributed by atoms with E-state index in [1.165, 1.54) is 18.4 Å². The molecule has 1 saturated heterocycles. The molecule has 0 spiro atoms. The van der Waals surface area contributed by atoms with Crippen molar-refractivity contribution in [2.24, 2.45) is 5.92 Å². The van der Waals surface area contributed by atoms with Crippen LogP contribution in [0, 0.1) is 5.92 Å². The van der Waals surface area contributed by atoms with E-state index in [1.54, 1.807) is 0 Å². The molecule has 1 fully saturated rings. The molecule has 3 unspecified atom stereocenters. The van der Waals surface area contributed by atoms with Crippen molar-refractivity contribution < 1.29 is 4.74 Å². The maximum Gasteiger partial charge on any atom is 0.0586 e. The van der Waals surface area contributed by atoms with Gasteiger partial charge in [0.05, 0.1) is 12.2 Å². The smallest absolute Gasteiger partial charge is 0.0586 e. The van der Waals surface area contributed by atoms with Gasteiger partial charge in [-0.1, -0.05) is 37.6 Å². The minimum Gasteiger partial charge on any atom is -0.375 e. The van der Waals surface area contributed by atoms with E-state index >= 15 is 0 Å². The number of hydrogen-bond acceptors (Lipinski definition) is 2. The molecule has 21 heavy (non-hydrogen) atoms. The number of ether oxygens (including phenoxy) is 1. The monoisotopic (exact) mass is 309 g/mol. The van der Waals surface area contributed by atoms with Crippen LogP contribution >= 0.6 is 11.6 Å². The van der Waals surface area contributed by atoms with Gasteiger partial charge in [-0.3, -0.25) is 0 Å². The lowest BCUT2D eigenvalue weighted by molar-refractivity contribution is 0.0465. The van der Waals surface area contributed by atoms with Gasteiger partial charge < -0.3 is 10.1 Å². The van der Waals surface area contributed by atoms with Crippen LogP contribution in [0.4, 0.5) is 0 Å². The van der Waals surface area contributed by atoms with Gasteiger partial charge in [-0.15, -0.1) is 0 Å². The van der Waals surface area contributed by atoms with Crippen molar-refractivity contribution in [3.05, 3.63) is 34.9 Å². The third kappa shape index (κ3) is 5.61. The minimum atomic E-state index is 0.393. The standard InChI is InChI=1S/C18H28ClNO/c1-13(2)11-20-12-16(10-18-8-7-14(3)21-18)15-5-4-6-17(19)9-15/h4-6,9,13-14,16,18,20H,7-8,10-12H2,1-3H3. The van der Waals surface area contributed by atoms with Gasteiger partial charge in [-0.05, 0) is 62.3 Å². The van der Waals surface area contributed by atoms with E-state index in [0.29, 0.717) is 24.0 Å². The third-order valence-corrected chi connectivity index (χ3v) is 4.37. The Morgan fingerprint density at radius 2 is 2.10 bits per heavy atom. The lowest BCUT2D eigenvalue weighted by Gasteiger charge is -2.22. The maximum absolute atomic E-state index is 6.16. The fraction of sp³-hybridized carbons (Fsp3) is 0.667. The molecule has 1 N–H and O–H groups in total. The molecule has 118 valence electrons. The molecule has 1 aliphatic rings. The molecular weight excluding hydrogens is 282 g/mol.